The number of rotatable bonds is 5. The summed E-state index contributed by atoms with van der Waals surface area (Å²) in [5, 5.41) is 7.50. The quantitative estimate of drug-likeness (QED) is 0.768. The molecular formula is C19H19N3O3. The Bertz CT molecular complexity index is 875. The number of aromatic nitrogens is 2. The Kier molecular flexibility index (Phi) is 3.89. The topological polar surface area (TPSA) is 69.4 Å². The van der Waals surface area contributed by atoms with Crippen LogP contribution in [0.25, 0.3) is 11.4 Å². The first-order valence-electron chi connectivity index (χ1n) is 8.15. The molecule has 0 spiro atoms. The molecule has 0 fully saturated rings. The lowest BCUT2D eigenvalue weighted by Gasteiger charge is -2.26. The summed E-state index contributed by atoms with van der Waals surface area (Å²) in [6.45, 7) is 4.94. The molecule has 0 saturated heterocycles. The van der Waals surface area contributed by atoms with Crippen molar-refractivity contribution in [1.82, 2.24) is 15.5 Å². The van der Waals surface area contributed by atoms with Crippen molar-refractivity contribution in [1.29, 1.82) is 0 Å². The summed E-state index contributed by atoms with van der Waals surface area (Å²) < 4.78 is 16.2. The average molecular weight is 337 g/mol. The van der Waals surface area contributed by atoms with Crippen LogP contribution in [0.1, 0.15) is 25.3 Å². The highest BCUT2D eigenvalue weighted by Gasteiger charge is 2.24. The van der Waals surface area contributed by atoms with Gasteiger partial charge < -0.3 is 14.0 Å². The third kappa shape index (κ3) is 3.21. The van der Waals surface area contributed by atoms with Gasteiger partial charge in [0.15, 0.2) is 11.5 Å². The molecule has 0 bridgehead atoms. The monoisotopic (exact) mass is 337 g/mol. The maximum absolute atomic E-state index is 5.46. The Morgan fingerprint density at radius 3 is 2.68 bits per heavy atom. The van der Waals surface area contributed by atoms with Gasteiger partial charge in [0.25, 0.3) is 0 Å². The van der Waals surface area contributed by atoms with Gasteiger partial charge in [0.05, 0.1) is 6.54 Å². The lowest BCUT2D eigenvalue weighted by Crippen LogP contribution is -2.36. The Morgan fingerprint density at radius 2 is 1.84 bits per heavy atom. The van der Waals surface area contributed by atoms with Gasteiger partial charge in [-0.15, -0.1) is 0 Å². The van der Waals surface area contributed by atoms with Gasteiger partial charge in [-0.3, -0.25) is 5.32 Å². The zero-order valence-corrected chi connectivity index (χ0v) is 14.2. The number of benzene rings is 2. The summed E-state index contributed by atoms with van der Waals surface area (Å²) in [7, 11) is 0. The van der Waals surface area contributed by atoms with E-state index < -0.39 is 0 Å². The Morgan fingerprint density at radius 1 is 1.04 bits per heavy atom. The zero-order chi connectivity index (χ0) is 17.3. The summed E-state index contributed by atoms with van der Waals surface area (Å²) in [6.07, 6.45) is 0. The summed E-state index contributed by atoms with van der Waals surface area (Å²) in [4.78, 5) is 4.45. The predicted molar refractivity (Wildman–Crippen MR) is 92.2 cm³/mol. The maximum Gasteiger partial charge on any atom is 0.240 e. The fraction of sp³-hybridized carbons (Fsp3) is 0.263. The molecule has 0 atom stereocenters. The molecule has 1 aromatic heterocycles. The number of hydrogen-bond acceptors (Lipinski definition) is 6. The van der Waals surface area contributed by atoms with Gasteiger partial charge in [0.1, 0.15) is 0 Å². The van der Waals surface area contributed by atoms with Crippen molar-refractivity contribution in [2.45, 2.75) is 25.9 Å². The van der Waals surface area contributed by atoms with Gasteiger partial charge in [-0.05, 0) is 31.5 Å². The van der Waals surface area contributed by atoms with E-state index in [1.54, 1.807) is 0 Å². The SMILES string of the molecule is CC(C)(NCc1nc(-c2ccccc2)no1)c1ccc2c(c1)OCO2. The van der Waals surface area contributed by atoms with Crippen molar-refractivity contribution in [3.63, 3.8) is 0 Å². The second-order valence-electron chi connectivity index (χ2n) is 6.42. The minimum atomic E-state index is -0.289. The van der Waals surface area contributed by atoms with Crippen LogP contribution in [-0.2, 0) is 12.1 Å². The lowest BCUT2D eigenvalue weighted by atomic mass is 9.94. The summed E-state index contributed by atoms with van der Waals surface area (Å²) in [6, 6.07) is 15.7. The molecular weight excluding hydrogens is 318 g/mol. The van der Waals surface area contributed by atoms with Gasteiger partial charge in [-0.2, -0.15) is 4.98 Å². The number of nitrogens with zero attached hydrogens (tertiary/aromatic N) is 2. The second kappa shape index (κ2) is 6.22. The number of hydrogen-bond donors (Lipinski definition) is 1. The summed E-state index contributed by atoms with van der Waals surface area (Å²) in [5.74, 6) is 2.70. The molecule has 1 aliphatic heterocycles. The van der Waals surface area contributed by atoms with Crippen LogP contribution >= 0.6 is 0 Å². The Hall–Kier alpha value is -2.86. The van der Waals surface area contributed by atoms with Gasteiger partial charge in [-0.25, -0.2) is 0 Å². The maximum atomic E-state index is 5.46. The Labute approximate surface area is 145 Å². The van der Waals surface area contributed by atoms with Crippen LogP contribution in [0.5, 0.6) is 11.5 Å². The van der Waals surface area contributed by atoms with Crippen LogP contribution in [0, 0.1) is 0 Å². The summed E-state index contributed by atoms with van der Waals surface area (Å²) >= 11 is 0. The van der Waals surface area contributed by atoms with E-state index in [9.17, 15) is 0 Å². The van der Waals surface area contributed by atoms with E-state index in [2.05, 4.69) is 29.3 Å². The third-order valence-electron chi connectivity index (χ3n) is 4.28. The highest BCUT2D eigenvalue weighted by atomic mass is 16.7. The van der Waals surface area contributed by atoms with Gasteiger partial charge in [-0.1, -0.05) is 41.6 Å². The molecule has 3 aromatic rings. The molecule has 1 aliphatic rings. The first-order valence-corrected chi connectivity index (χ1v) is 8.15. The van der Waals surface area contributed by atoms with Crippen LogP contribution in [0.4, 0.5) is 0 Å². The van der Waals surface area contributed by atoms with E-state index in [0.717, 1.165) is 22.6 Å². The predicted octanol–water partition coefficient (Wildman–Crippen LogP) is 3.49. The third-order valence-corrected chi connectivity index (χ3v) is 4.28. The van der Waals surface area contributed by atoms with Crippen LogP contribution in [0.2, 0.25) is 0 Å². The van der Waals surface area contributed by atoms with Crippen molar-refractivity contribution in [3.8, 4) is 22.9 Å². The number of nitrogens with one attached hydrogen (secondary N) is 1. The summed E-state index contributed by atoms with van der Waals surface area (Å²) in [5.41, 5.74) is 1.75. The van der Waals surface area contributed by atoms with Crippen molar-refractivity contribution in [3.05, 3.63) is 60.0 Å². The van der Waals surface area contributed by atoms with Crippen LogP contribution in [-0.4, -0.2) is 16.9 Å². The minimum absolute atomic E-state index is 0.275. The molecule has 0 saturated carbocycles. The second-order valence-corrected chi connectivity index (χ2v) is 6.42. The molecule has 0 amide bonds. The highest BCUT2D eigenvalue weighted by Crippen LogP contribution is 2.35. The fourth-order valence-electron chi connectivity index (χ4n) is 2.72. The van der Waals surface area contributed by atoms with Crippen LogP contribution in [0.3, 0.4) is 0 Å². The normalized spacial score (nSPS) is 13.2. The fourth-order valence-corrected chi connectivity index (χ4v) is 2.72. The molecule has 0 unspecified atom stereocenters. The van der Waals surface area contributed by atoms with Gasteiger partial charge in [0, 0.05) is 11.1 Å². The zero-order valence-electron chi connectivity index (χ0n) is 14.2. The van der Waals surface area contributed by atoms with E-state index in [4.69, 9.17) is 14.0 Å². The van der Waals surface area contributed by atoms with Crippen molar-refractivity contribution in [2.75, 3.05) is 6.79 Å². The molecule has 0 radical (unpaired) electrons. The average Bonchev–Trinajstić information content (AvgIpc) is 3.29. The minimum Gasteiger partial charge on any atom is -0.454 e. The van der Waals surface area contributed by atoms with E-state index in [1.165, 1.54) is 0 Å². The van der Waals surface area contributed by atoms with E-state index in [1.807, 2.05) is 48.5 Å². The lowest BCUT2D eigenvalue weighted by molar-refractivity contribution is 0.174. The standard InChI is InChI=1S/C19H19N3O3/c1-19(2,14-8-9-15-16(10-14)24-12-23-15)20-11-17-21-18(22-25-17)13-6-4-3-5-7-13/h3-10,20H,11-12H2,1-2H3. The van der Waals surface area contributed by atoms with Crippen LogP contribution < -0.4 is 14.8 Å². The molecule has 4 rings (SSSR count). The van der Waals surface area contributed by atoms with Crippen molar-refractivity contribution in [2.24, 2.45) is 0 Å². The molecule has 6 heteroatoms. The largest absolute Gasteiger partial charge is 0.454 e. The van der Waals surface area contributed by atoms with Gasteiger partial charge >= 0.3 is 0 Å². The molecule has 128 valence electrons. The first kappa shape index (κ1) is 15.7. The van der Waals surface area contributed by atoms with E-state index in [-0.39, 0.29) is 12.3 Å². The van der Waals surface area contributed by atoms with E-state index in [0.29, 0.717) is 18.3 Å². The number of fused-ring (bicyclic) bond motifs is 1. The molecule has 0 aliphatic carbocycles. The molecule has 2 aromatic carbocycles. The number of ether oxygens (including phenoxy) is 2. The van der Waals surface area contributed by atoms with Gasteiger partial charge in [0.2, 0.25) is 18.5 Å². The van der Waals surface area contributed by atoms with Crippen molar-refractivity contribution < 1.29 is 14.0 Å². The molecule has 2 heterocycles. The van der Waals surface area contributed by atoms with Crippen LogP contribution in [0.15, 0.2) is 53.1 Å². The molecule has 6 nitrogen and oxygen atoms in total. The van der Waals surface area contributed by atoms with Crippen molar-refractivity contribution >= 4 is 0 Å². The smallest absolute Gasteiger partial charge is 0.240 e. The first-order chi connectivity index (χ1) is 12.1. The highest BCUT2D eigenvalue weighted by molar-refractivity contribution is 5.53. The molecule has 1 N–H and O–H groups in total. The Balaban J connectivity index is 1.46. The molecule has 25 heavy (non-hydrogen) atoms. The van der Waals surface area contributed by atoms with E-state index >= 15 is 0 Å².